The molecule has 0 bridgehead atoms. The molecule has 1 fully saturated rings. The van der Waals surface area contributed by atoms with Gasteiger partial charge in [0.15, 0.2) is 11.9 Å². The number of hydrogen-bond donors (Lipinski definition) is 5. The Morgan fingerprint density at radius 2 is 1.47 bits per heavy atom. The predicted octanol–water partition coefficient (Wildman–Crippen LogP) is 1.89. The summed E-state index contributed by atoms with van der Waals surface area (Å²) in [6, 6.07) is 0. The second kappa shape index (κ2) is 15.1. The van der Waals surface area contributed by atoms with E-state index in [-0.39, 0.29) is 11.4 Å². The molecule has 2 rings (SSSR count). The number of aliphatic hydroxyl groups is 3. The predicted molar refractivity (Wildman–Crippen MR) is 127 cm³/mol. The van der Waals surface area contributed by atoms with Crippen LogP contribution in [0.4, 0.5) is 0 Å². The average molecular weight is 483 g/mol. The normalized spacial score (nSPS) is 22.1. The summed E-state index contributed by atoms with van der Waals surface area (Å²) in [5.74, 6) is -0.979. The van der Waals surface area contributed by atoms with E-state index in [1.807, 2.05) is 0 Å². The van der Waals surface area contributed by atoms with E-state index < -0.39 is 43.0 Å². The third-order valence-corrected chi connectivity index (χ3v) is 6.15. The summed E-state index contributed by atoms with van der Waals surface area (Å²) in [4.78, 5) is 30.1. The SMILES string of the molecule is CCCCCCCNC(=O)c1ncn([C@@H]2O[C@H](CO)[C@@H](O)[C@H]2O)c1C(=O)NCCCCCCC. The van der Waals surface area contributed by atoms with Gasteiger partial charge in [-0.15, -0.1) is 0 Å². The van der Waals surface area contributed by atoms with Gasteiger partial charge >= 0.3 is 0 Å². The lowest BCUT2D eigenvalue weighted by molar-refractivity contribution is -0.0535. The van der Waals surface area contributed by atoms with Crippen LogP contribution in [-0.4, -0.2) is 74.7 Å². The van der Waals surface area contributed by atoms with Gasteiger partial charge in [0.2, 0.25) is 0 Å². The van der Waals surface area contributed by atoms with Crippen LogP contribution in [0.2, 0.25) is 0 Å². The van der Waals surface area contributed by atoms with Gasteiger partial charge < -0.3 is 30.7 Å². The zero-order valence-electron chi connectivity index (χ0n) is 20.5. The summed E-state index contributed by atoms with van der Waals surface area (Å²) < 4.78 is 6.84. The Bertz CT molecular complexity index is 756. The molecule has 1 saturated heterocycles. The van der Waals surface area contributed by atoms with Crippen molar-refractivity contribution in [2.75, 3.05) is 19.7 Å². The summed E-state index contributed by atoms with van der Waals surface area (Å²) in [6.45, 7) is 4.71. The van der Waals surface area contributed by atoms with Crippen molar-refractivity contribution < 1.29 is 29.6 Å². The molecular formula is C24H42N4O6. The Balaban J connectivity index is 2.12. The molecule has 1 aromatic rings. The van der Waals surface area contributed by atoms with Crippen LogP contribution in [0.3, 0.4) is 0 Å². The molecule has 0 radical (unpaired) electrons. The van der Waals surface area contributed by atoms with E-state index >= 15 is 0 Å². The quantitative estimate of drug-likeness (QED) is 0.226. The highest BCUT2D eigenvalue weighted by atomic mass is 16.6. The number of aliphatic hydroxyl groups excluding tert-OH is 3. The minimum absolute atomic E-state index is 0.0353. The number of rotatable bonds is 16. The van der Waals surface area contributed by atoms with Gasteiger partial charge in [-0.3, -0.25) is 14.2 Å². The number of imidazole rings is 1. The molecule has 4 atom stereocenters. The van der Waals surface area contributed by atoms with Crippen LogP contribution < -0.4 is 10.6 Å². The molecule has 0 unspecified atom stereocenters. The maximum atomic E-state index is 13.1. The summed E-state index contributed by atoms with van der Waals surface area (Å²) in [5.41, 5.74) is -0.0957. The maximum Gasteiger partial charge on any atom is 0.272 e. The minimum Gasteiger partial charge on any atom is -0.394 e. The number of nitrogens with zero attached hydrogens (tertiary/aromatic N) is 2. The summed E-state index contributed by atoms with van der Waals surface area (Å²) in [5, 5.41) is 35.6. The highest BCUT2D eigenvalue weighted by Gasteiger charge is 2.45. The summed E-state index contributed by atoms with van der Waals surface area (Å²) in [6.07, 6.45) is 6.82. The number of nitrogens with one attached hydrogen (secondary N) is 2. The fourth-order valence-corrected chi connectivity index (χ4v) is 4.08. The van der Waals surface area contributed by atoms with Gasteiger partial charge in [0.05, 0.1) is 12.9 Å². The van der Waals surface area contributed by atoms with Crippen LogP contribution in [0.5, 0.6) is 0 Å². The molecule has 10 nitrogen and oxygen atoms in total. The van der Waals surface area contributed by atoms with Gasteiger partial charge in [-0.25, -0.2) is 4.98 Å². The van der Waals surface area contributed by atoms with Gasteiger partial charge in [-0.2, -0.15) is 0 Å². The Morgan fingerprint density at radius 3 is 2.00 bits per heavy atom. The van der Waals surface area contributed by atoms with Crippen molar-refractivity contribution in [1.29, 1.82) is 0 Å². The molecule has 10 heteroatoms. The molecular weight excluding hydrogens is 440 g/mol. The standard InChI is InChI=1S/C24H42N4O6/c1-3-5-7-9-11-13-25-22(32)18-19(23(33)26-14-12-10-8-6-4-2)28(16-27-18)24-21(31)20(30)17(15-29)34-24/h16-17,20-21,24,29-31H,3-15H2,1-2H3,(H,25,32)(H,26,33)/t17-,20-,21-,24-/m1/s1. The molecule has 0 aliphatic carbocycles. The van der Waals surface area contributed by atoms with Crippen LogP contribution in [-0.2, 0) is 4.74 Å². The second-order valence-electron chi connectivity index (χ2n) is 8.92. The van der Waals surface area contributed by atoms with Crippen LogP contribution in [0.15, 0.2) is 6.33 Å². The van der Waals surface area contributed by atoms with Crippen LogP contribution in [0.1, 0.15) is 105 Å². The lowest BCUT2D eigenvalue weighted by atomic mass is 10.1. The number of carbonyl (C=O) groups excluding carboxylic acids is 2. The molecule has 2 amide bonds. The highest BCUT2D eigenvalue weighted by Crippen LogP contribution is 2.31. The fraction of sp³-hybridized carbons (Fsp3) is 0.792. The van der Waals surface area contributed by atoms with Crippen molar-refractivity contribution in [3.8, 4) is 0 Å². The van der Waals surface area contributed by atoms with Crippen LogP contribution in [0.25, 0.3) is 0 Å². The first-order chi connectivity index (χ1) is 16.5. The first-order valence-corrected chi connectivity index (χ1v) is 12.7. The van der Waals surface area contributed by atoms with E-state index in [1.165, 1.54) is 10.9 Å². The van der Waals surface area contributed by atoms with Gasteiger partial charge in [0.1, 0.15) is 24.0 Å². The smallest absolute Gasteiger partial charge is 0.272 e. The fourth-order valence-electron chi connectivity index (χ4n) is 4.08. The highest BCUT2D eigenvalue weighted by molar-refractivity contribution is 6.05. The van der Waals surface area contributed by atoms with E-state index in [2.05, 4.69) is 29.5 Å². The Morgan fingerprint density at radius 1 is 0.912 bits per heavy atom. The van der Waals surface area contributed by atoms with Gasteiger partial charge in [0.25, 0.3) is 11.8 Å². The van der Waals surface area contributed by atoms with Crippen molar-refractivity contribution in [1.82, 2.24) is 20.2 Å². The number of ether oxygens (including phenoxy) is 1. The van der Waals surface area contributed by atoms with Crippen molar-refractivity contribution in [2.45, 2.75) is 103 Å². The van der Waals surface area contributed by atoms with E-state index in [9.17, 15) is 24.9 Å². The van der Waals surface area contributed by atoms with Crippen molar-refractivity contribution in [3.05, 3.63) is 17.7 Å². The van der Waals surface area contributed by atoms with Crippen LogP contribution >= 0.6 is 0 Å². The molecule has 1 aromatic heterocycles. The zero-order chi connectivity index (χ0) is 24.9. The second-order valence-corrected chi connectivity index (χ2v) is 8.92. The molecule has 1 aliphatic rings. The third kappa shape index (κ3) is 7.76. The number of hydrogen-bond acceptors (Lipinski definition) is 7. The lowest BCUT2D eigenvalue weighted by Crippen LogP contribution is -2.35. The summed E-state index contributed by atoms with van der Waals surface area (Å²) in [7, 11) is 0. The Labute approximate surface area is 202 Å². The molecule has 0 saturated carbocycles. The average Bonchev–Trinajstić information content (AvgIpc) is 3.39. The molecule has 2 heterocycles. The number of unbranched alkanes of at least 4 members (excludes halogenated alkanes) is 8. The molecule has 5 N–H and O–H groups in total. The van der Waals surface area contributed by atoms with Crippen molar-refractivity contribution in [2.24, 2.45) is 0 Å². The van der Waals surface area contributed by atoms with E-state index in [4.69, 9.17) is 4.74 Å². The number of aromatic nitrogens is 2. The first-order valence-electron chi connectivity index (χ1n) is 12.7. The van der Waals surface area contributed by atoms with E-state index in [0.717, 1.165) is 64.2 Å². The van der Waals surface area contributed by atoms with E-state index in [1.54, 1.807) is 0 Å². The zero-order valence-corrected chi connectivity index (χ0v) is 20.5. The Kier molecular flexibility index (Phi) is 12.5. The number of carbonyl (C=O) groups is 2. The summed E-state index contributed by atoms with van der Waals surface area (Å²) >= 11 is 0. The minimum atomic E-state index is -1.39. The van der Waals surface area contributed by atoms with Gasteiger partial charge in [0, 0.05) is 13.1 Å². The van der Waals surface area contributed by atoms with E-state index in [0.29, 0.717) is 13.1 Å². The topological polar surface area (TPSA) is 146 Å². The van der Waals surface area contributed by atoms with Gasteiger partial charge in [-0.1, -0.05) is 65.2 Å². The number of amides is 2. The molecule has 0 aromatic carbocycles. The largest absolute Gasteiger partial charge is 0.394 e. The first kappa shape index (κ1) is 28.2. The maximum absolute atomic E-state index is 13.1. The lowest BCUT2D eigenvalue weighted by Gasteiger charge is -2.19. The van der Waals surface area contributed by atoms with Crippen molar-refractivity contribution in [3.63, 3.8) is 0 Å². The molecule has 0 spiro atoms. The molecule has 194 valence electrons. The van der Waals surface area contributed by atoms with Crippen molar-refractivity contribution >= 4 is 11.8 Å². The molecule has 1 aliphatic heterocycles. The molecule has 34 heavy (non-hydrogen) atoms. The Hall–Kier alpha value is -2.01. The monoisotopic (exact) mass is 482 g/mol. The van der Waals surface area contributed by atoms with Crippen LogP contribution in [0, 0.1) is 0 Å². The van der Waals surface area contributed by atoms with Gasteiger partial charge in [-0.05, 0) is 12.8 Å². The third-order valence-electron chi connectivity index (χ3n) is 6.15.